The van der Waals surface area contributed by atoms with Gasteiger partial charge in [0.2, 0.25) is 5.91 Å². The molecule has 182 valence electrons. The first-order valence-corrected chi connectivity index (χ1v) is 10.7. The van der Waals surface area contributed by atoms with E-state index in [1.807, 2.05) is 0 Å². The van der Waals surface area contributed by atoms with Gasteiger partial charge >= 0.3 is 6.18 Å². The molecular weight excluding hydrogens is 467 g/mol. The van der Waals surface area contributed by atoms with Crippen LogP contribution in [0.3, 0.4) is 0 Å². The van der Waals surface area contributed by atoms with E-state index in [1.54, 1.807) is 19.9 Å². The fourth-order valence-corrected chi connectivity index (χ4v) is 4.17. The maximum atomic E-state index is 13.7. The van der Waals surface area contributed by atoms with Gasteiger partial charge in [-0.25, -0.2) is 8.78 Å². The van der Waals surface area contributed by atoms with Crippen LogP contribution < -0.4 is 10.2 Å². The van der Waals surface area contributed by atoms with E-state index >= 15 is 0 Å². The molecule has 3 aromatic rings. The van der Waals surface area contributed by atoms with Crippen LogP contribution in [-0.2, 0) is 29.5 Å². The van der Waals surface area contributed by atoms with Crippen LogP contribution in [0, 0.1) is 11.6 Å². The number of amides is 2. The molecule has 0 fully saturated rings. The van der Waals surface area contributed by atoms with E-state index in [0.717, 1.165) is 30.3 Å². The van der Waals surface area contributed by atoms with E-state index in [2.05, 4.69) is 5.32 Å². The zero-order valence-corrected chi connectivity index (χ0v) is 18.8. The Labute approximate surface area is 198 Å². The topological polar surface area (TPSA) is 49.4 Å². The third-order valence-corrected chi connectivity index (χ3v) is 5.97. The average Bonchev–Trinajstić information content (AvgIpc) is 2.96. The van der Waals surface area contributed by atoms with Gasteiger partial charge < -0.3 is 10.2 Å². The standard InChI is InChI=1S/C26H21F5N2O2/c1-25(2)21-7-6-17(23(34)32-13-15-4-3-5-18(8-15)26(29,30)31)11-22(21)33(24(25)35)14-16-9-19(27)12-20(28)10-16/h3-12H,13-14H2,1-2H3,(H,32,34). The number of hydrogen-bond donors (Lipinski definition) is 1. The van der Waals surface area contributed by atoms with E-state index in [9.17, 15) is 31.5 Å². The summed E-state index contributed by atoms with van der Waals surface area (Å²) >= 11 is 0. The lowest BCUT2D eigenvalue weighted by molar-refractivity contribution is -0.137. The Hall–Kier alpha value is -3.75. The van der Waals surface area contributed by atoms with Gasteiger partial charge in [-0.2, -0.15) is 13.2 Å². The lowest BCUT2D eigenvalue weighted by Gasteiger charge is -2.20. The van der Waals surface area contributed by atoms with Gasteiger partial charge in [0.15, 0.2) is 0 Å². The second-order valence-corrected chi connectivity index (χ2v) is 8.91. The summed E-state index contributed by atoms with van der Waals surface area (Å²) in [5, 5.41) is 2.59. The molecule has 0 aliphatic carbocycles. The highest BCUT2D eigenvalue weighted by atomic mass is 19.4. The molecule has 0 saturated heterocycles. The molecule has 4 rings (SSSR count). The third kappa shape index (κ3) is 4.89. The maximum absolute atomic E-state index is 13.7. The fraction of sp³-hybridized carbons (Fsp3) is 0.231. The Morgan fingerprint density at radius 3 is 2.29 bits per heavy atom. The Morgan fingerprint density at radius 1 is 0.943 bits per heavy atom. The van der Waals surface area contributed by atoms with Crippen LogP contribution in [0.25, 0.3) is 0 Å². The minimum absolute atomic E-state index is 0.0980. The number of nitrogens with zero attached hydrogens (tertiary/aromatic N) is 1. The van der Waals surface area contributed by atoms with E-state index in [4.69, 9.17) is 0 Å². The minimum Gasteiger partial charge on any atom is -0.348 e. The first kappa shape index (κ1) is 24.4. The molecule has 35 heavy (non-hydrogen) atoms. The Balaban J connectivity index is 1.58. The van der Waals surface area contributed by atoms with E-state index in [-0.39, 0.29) is 35.7 Å². The zero-order valence-electron chi connectivity index (χ0n) is 18.8. The Morgan fingerprint density at radius 2 is 1.63 bits per heavy atom. The van der Waals surface area contributed by atoms with E-state index in [1.165, 1.54) is 29.2 Å². The van der Waals surface area contributed by atoms with Crippen LogP contribution in [0.4, 0.5) is 27.6 Å². The molecule has 0 radical (unpaired) electrons. The van der Waals surface area contributed by atoms with Gasteiger partial charge in [0, 0.05) is 23.9 Å². The molecule has 0 aromatic heterocycles. The molecule has 1 aliphatic heterocycles. The molecule has 4 nitrogen and oxygen atoms in total. The van der Waals surface area contributed by atoms with Crippen LogP contribution in [0.15, 0.2) is 60.7 Å². The lowest BCUT2D eigenvalue weighted by atomic mass is 9.86. The molecule has 0 spiro atoms. The number of halogens is 5. The van der Waals surface area contributed by atoms with Crippen molar-refractivity contribution in [3.63, 3.8) is 0 Å². The zero-order chi connectivity index (χ0) is 25.5. The summed E-state index contributed by atoms with van der Waals surface area (Å²) in [6, 6.07) is 12.3. The number of alkyl halides is 3. The summed E-state index contributed by atoms with van der Waals surface area (Å²) < 4.78 is 66.1. The molecule has 9 heteroatoms. The summed E-state index contributed by atoms with van der Waals surface area (Å²) in [4.78, 5) is 27.2. The predicted molar refractivity (Wildman–Crippen MR) is 120 cm³/mol. The molecule has 2 amide bonds. The van der Waals surface area contributed by atoms with E-state index in [0.29, 0.717) is 11.3 Å². The number of hydrogen-bond acceptors (Lipinski definition) is 2. The number of carbonyl (C=O) groups excluding carboxylic acids is 2. The first-order valence-electron chi connectivity index (χ1n) is 10.7. The maximum Gasteiger partial charge on any atom is 0.416 e. The number of anilines is 1. The van der Waals surface area contributed by atoms with Crippen LogP contribution in [0.5, 0.6) is 0 Å². The normalized spacial score (nSPS) is 14.7. The molecular formula is C26H21F5N2O2. The Kier molecular flexibility index (Phi) is 6.12. The van der Waals surface area contributed by atoms with Gasteiger partial charge in [-0.05, 0) is 66.9 Å². The van der Waals surface area contributed by atoms with Gasteiger partial charge in [0.25, 0.3) is 5.91 Å². The van der Waals surface area contributed by atoms with Crippen molar-refractivity contribution in [2.45, 2.75) is 38.5 Å². The summed E-state index contributed by atoms with van der Waals surface area (Å²) in [6.45, 7) is 3.21. The average molecular weight is 488 g/mol. The molecule has 1 N–H and O–H groups in total. The van der Waals surface area contributed by atoms with Gasteiger partial charge in [-0.15, -0.1) is 0 Å². The Bertz CT molecular complexity index is 1300. The third-order valence-electron chi connectivity index (χ3n) is 5.97. The van der Waals surface area contributed by atoms with E-state index < -0.39 is 34.7 Å². The minimum atomic E-state index is -4.49. The molecule has 1 heterocycles. The monoisotopic (exact) mass is 488 g/mol. The summed E-state index contributed by atoms with van der Waals surface area (Å²) in [6.07, 6.45) is -4.49. The number of fused-ring (bicyclic) bond motifs is 1. The number of benzene rings is 3. The number of rotatable bonds is 5. The second kappa shape index (κ2) is 8.79. The molecule has 3 aromatic carbocycles. The molecule has 0 bridgehead atoms. The van der Waals surface area contributed by atoms with Crippen molar-refractivity contribution in [1.82, 2.24) is 5.32 Å². The van der Waals surface area contributed by atoms with Crippen molar-refractivity contribution in [3.05, 3.63) is 100 Å². The fourth-order valence-electron chi connectivity index (χ4n) is 4.17. The van der Waals surface area contributed by atoms with Crippen molar-refractivity contribution < 1.29 is 31.5 Å². The van der Waals surface area contributed by atoms with Gasteiger partial charge in [0.05, 0.1) is 17.5 Å². The SMILES string of the molecule is CC1(C)C(=O)N(Cc2cc(F)cc(F)c2)c2cc(C(=O)NCc3cccc(C(F)(F)F)c3)ccc21. The first-order chi connectivity index (χ1) is 16.4. The van der Waals surface area contributed by atoms with Crippen molar-refractivity contribution in [3.8, 4) is 0 Å². The number of nitrogens with one attached hydrogen (secondary N) is 1. The summed E-state index contributed by atoms with van der Waals surface area (Å²) in [7, 11) is 0. The largest absolute Gasteiger partial charge is 0.416 e. The van der Waals surface area contributed by atoms with Crippen molar-refractivity contribution in [2.24, 2.45) is 0 Å². The van der Waals surface area contributed by atoms with Crippen molar-refractivity contribution in [1.29, 1.82) is 0 Å². The van der Waals surface area contributed by atoms with Gasteiger partial charge in [0.1, 0.15) is 11.6 Å². The van der Waals surface area contributed by atoms with Crippen LogP contribution in [-0.4, -0.2) is 11.8 Å². The molecule has 0 unspecified atom stereocenters. The van der Waals surface area contributed by atoms with Crippen LogP contribution in [0.1, 0.15) is 46.5 Å². The van der Waals surface area contributed by atoms with Crippen LogP contribution >= 0.6 is 0 Å². The summed E-state index contributed by atoms with van der Waals surface area (Å²) in [5.74, 6) is -2.37. The van der Waals surface area contributed by atoms with Gasteiger partial charge in [-0.3, -0.25) is 9.59 Å². The molecule has 0 saturated carbocycles. The van der Waals surface area contributed by atoms with Crippen molar-refractivity contribution in [2.75, 3.05) is 4.90 Å². The molecule has 1 aliphatic rings. The second-order valence-electron chi connectivity index (χ2n) is 8.91. The summed E-state index contributed by atoms with van der Waals surface area (Å²) in [5.41, 5.74) is 0.0573. The predicted octanol–water partition coefficient (Wildman–Crippen LogP) is 5.74. The van der Waals surface area contributed by atoms with Crippen LogP contribution in [0.2, 0.25) is 0 Å². The smallest absolute Gasteiger partial charge is 0.348 e. The van der Waals surface area contributed by atoms with Crippen molar-refractivity contribution >= 4 is 17.5 Å². The quantitative estimate of drug-likeness (QED) is 0.466. The van der Waals surface area contributed by atoms with Gasteiger partial charge in [-0.1, -0.05) is 18.2 Å². The highest BCUT2D eigenvalue weighted by Crippen LogP contribution is 2.42. The molecule has 0 atom stereocenters. The lowest BCUT2D eigenvalue weighted by Crippen LogP contribution is -2.35. The highest BCUT2D eigenvalue weighted by Gasteiger charge is 2.44. The number of carbonyl (C=O) groups is 2. The highest BCUT2D eigenvalue weighted by molar-refractivity contribution is 6.08.